The van der Waals surface area contributed by atoms with Crippen molar-refractivity contribution in [3.63, 3.8) is 0 Å². The van der Waals surface area contributed by atoms with Gasteiger partial charge in [-0.05, 0) is 29.8 Å². The van der Waals surface area contributed by atoms with Gasteiger partial charge in [-0.25, -0.2) is 9.78 Å². The Balaban J connectivity index is 1.41. The number of anilines is 3. The van der Waals surface area contributed by atoms with Crippen molar-refractivity contribution in [2.75, 3.05) is 18.2 Å². The van der Waals surface area contributed by atoms with Crippen LogP contribution in [0.25, 0.3) is 28.3 Å². The number of methoxy groups -OCH3 is 1. The van der Waals surface area contributed by atoms with Crippen LogP contribution in [0, 0.1) is 0 Å². The molecule has 0 bridgehead atoms. The molecule has 3 N–H and O–H groups in total. The van der Waals surface area contributed by atoms with Crippen LogP contribution in [0.2, 0.25) is 0 Å². The molecule has 12 heteroatoms. The second-order valence-electron chi connectivity index (χ2n) is 7.93. The zero-order valence-corrected chi connectivity index (χ0v) is 19.7. The van der Waals surface area contributed by atoms with Crippen LogP contribution in [0.15, 0.2) is 75.1 Å². The molecule has 0 unspecified atom stereocenters. The van der Waals surface area contributed by atoms with Crippen LogP contribution in [0.3, 0.4) is 0 Å². The number of hydrogen-bond donors (Lipinski definition) is 2. The molecule has 0 radical (unpaired) electrons. The third-order valence-electron chi connectivity index (χ3n) is 5.72. The molecule has 12 nitrogen and oxygen atoms in total. The molecule has 182 valence electrons. The van der Waals surface area contributed by atoms with Crippen LogP contribution in [-0.2, 0) is 14.1 Å². The van der Waals surface area contributed by atoms with E-state index < -0.39 is 5.69 Å². The summed E-state index contributed by atoms with van der Waals surface area (Å²) in [4.78, 5) is 32.6. The minimum atomic E-state index is -0.400. The maximum atomic E-state index is 12.3. The topological polar surface area (TPSA) is 148 Å². The monoisotopic (exact) mass is 486 g/mol. The summed E-state index contributed by atoms with van der Waals surface area (Å²) in [6.45, 7) is 0. The van der Waals surface area contributed by atoms with Crippen LogP contribution in [-0.4, -0.2) is 36.0 Å². The number of hydrogen-bond acceptors (Lipinski definition) is 9. The van der Waals surface area contributed by atoms with Gasteiger partial charge in [0, 0.05) is 31.9 Å². The molecule has 2 aromatic carbocycles. The summed E-state index contributed by atoms with van der Waals surface area (Å²) in [7, 11) is 4.63. The van der Waals surface area contributed by atoms with E-state index in [4.69, 9.17) is 14.9 Å². The lowest BCUT2D eigenvalue weighted by Crippen LogP contribution is -2.36. The summed E-state index contributed by atoms with van der Waals surface area (Å²) in [6, 6.07) is 14.0. The second kappa shape index (κ2) is 8.91. The van der Waals surface area contributed by atoms with E-state index in [1.54, 1.807) is 50.7 Å². The Morgan fingerprint density at radius 3 is 2.50 bits per heavy atom. The number of aromatic nitrogens is 6. The molecule has 0 aliphatic carbocycles. The van der Waals surface area contributed by atoms with Crippen molar-refractivity contribution in [2.24, 2.45) is 14.1 Å². The van der Waals surface area contributed by atoms with E-state index >= 15 is 0 Å². The van der Waals surface area contributed by atoms with Crippen molar-refractivity contribution in [1.82, 2.24) is 28.9 Å². The Hall–Kier alpha value is -5.13. The molecule has 36 heavy (non-hydrogen) atoms. The van der Waals surface area contributed by atoms with E-state index in [0.29, 0.717) is 40.1 Å². The van der Waals surface area contributed by atoms with Gasteiger partial charge in [-0.1, -0.05) is 12.1 Å². The van der Waals surface area contributed by atoms with Crippen molar-refractivity contribution >= 4 is 17.6 Å². The molecule has 3 aromatic heterocycles. The molecule has 0 atom stereocenters. The Labute approximate surface area is 204 Å². The number of oxazole rings is 1. The number of nitrogens with two attached hydrogens (primary N) is 1. The third kappa shape index (κ3) is 4.00. The van der Waals surface area contributed by atoms with Gasteiger partial charge in [-0.2, -0.15) is 9.67 Å². The fourth-order valence-electron chi connectivity index (χ4n) is 3.80. The first-order chi connectivity index (χ1) is 17.4. The largest absolute Gasteiger partial charge is 0.496 e. The second-order valence-corrected chi connectivity index (χ2v) is 7.93. The molecule has 5 rings (SSSR count). The summed E-state index contributed by atoms with van der Waals surface area (Å²) in [6.07, 6.45) is 2.96. The molecule has 0 spiro atoms. The van der Waals surface area contributed by atoms with E-state index in [9.17, 15) is 9.59 Å². The summed E-state index contributed by atoms with van der Waals surface area (Å²) in [5, 5.41) is 7.57. The van der Waals surface area contributed by atoms with Gasteiger partial charge in [0.05, 0.1) is 30.3 Å². The Kier molecular flexibility index (Phi) is 5.60. The van der Waals surface area contributed by atoms with Gasteiger partial charge in [0.2, 0.25) is 11.9 Å². The SMILES string of the molecule is COc1cc(Nc2nc(N)n(-c3ccc(-c4cc(=O)n(C)c(=O)n4C)cc3)n2)ccc1-c1cnco1. The minimum absolute atomic E-state index is 0.177. The van der Waals surface area contributed by atoms with E-state index in [2.05, 4.69) is 20.4 Å². The summed E-state index contributed by atoms with van der Waals surface area (Å²) in [5.74, 6) is 1.64. The first-order valence-electron chi connectivity index (χ1n) is 10.8. The Bertz CT molecular complexity index is 1660. The van der Waals surface area contributed by atoms with E-state index in [-0.39, 0.29) is 11.5 Å². The van der Waals surface area contributed by atoms with Crippen molar-refractivity contribution in [1.29, 1.82) is 0 Å². The number of benzene rings is 2. The van der Waals surface area contributed by atoms with Gasteiger partial charge in [-0.3, -0.25) is 13.9 Å². The first kappa shape index (κ1) is 22.7. The summed E-state index contributed by atoms with van der Waals surface area (Å²) >= 11 is 0. The number of nitrogens with one attached hydrogen (secondary N) is 1. The van der Waals surface area contributed by atoms with Crippen LogP contribution in [0.4, 0.5) is 17.6 Å². The van der Waals surface area contributed by atoms with E-state index in [1.807, 2.05) is 12.1 Å². The quantitative estimate of drug-likeness (QED) is 0.369. The third-order valence-corrected chi connectivity index (χ3v) is 5.72. The highest BCUT2D eigenvalue weighted by atomic mass is 16.5. The predicted octanol–water partition coefficient (Wildman–Crippen LogP) is 2.32. The summed E-state index contributed by atoms with van der Waals surface area (Å²) in [5.41, 5.74) is 8.65. The van der Waals surface area contributed by atoms with Crippen molar-refractivity contribution in [3.8, 4) is 34.0 Å². The fraction of sp³-hybridized carbons (Fsp3) is 0.125. The average Bonchev–Trinajstić information content (AvgIpc) is 3.55. The number of nitrogens with zero attached hydrogens (tertiary/aromatic N) is 6. The zero-order chi connectivity index (χ0) is 25.4. The van der Waals surface area contributed by atoms with Crippen LogP contribution in [0.1, 0.15) is 0 Å². The number of rotatable bonds is 6. The molecular weight excluding hydrogens is 464 g/mol. The predicted molar refractivity (Wildman–Crippen MR) is 133 cm³/mol. The van der Waals surface area contributed by atoms with Crippen LogP contribution < -0.4 is 27.0 Å². The number of nitrogen functional groups attached to an aromatic ring is 1. The molecule has 0 aliphatic rings. The zero-order valence-electron chi connectivity index (χ0n) is 19.7. The Morgan fingerprint density at radius 1 is 1.03 bits per heavy atom. The highest BCUT2D eigenvalue weighted by Gasteiger charge is 2.14. The minimum Gasteiger partial charge on any atom is -0.496 e. The maximum Gasteiger partial charge on any atom is 0.330 e. The van der Waals surface area contributed by atoms with Crippen molar-refractivity contribution < 1.29 is 9.15 Å². The molecule has 5 aromatic rings. The van der Waals surface area contributed by atoms with E-state index in [1.165, 1.54) is 28.8 Å². The van der Waals surface area contributed by atoms with Crippen LogP contribution >= 0.6 is 0 Å². The van der Waals surface area contributed by atoms with Gasteiger partial charge < -0.3 is 20.2 Å². The fourth-order valence-corrected chi connectivity index (χ4v) is 3.80. The molecule has 0 saturated carbocycles. The first-order valence-corrected chi connectivity index (χ1v) is 10.8. The van der Waals surface area contributed by atoms with Crippen LogP contribution in [0.5, 0.6) is 5.75 Å². The lowest BCUT2D eigenvalue weighted by Gasteiger charge is -2.10. The Morgan fingerprint density at radius 2 is 1.81 bits per heavy atom. The van der Waals surface area contributed by atoms with Gasteiger partial charge in [0.1, 0.15) is 5.75 Å². The standard InChI is InChI=1S/C24H22N8O4/c1-30-18(11-21(33)31(2)24(30)34)14-4-7-16(8-5-14)32-22(25)28-23(29-32)27-15-6-9-17(19(10-15)35-3)20-12-26-13-36-20/h4-13H,1-3H3,(H3,25,27,28,29). The molecule has 0 saturated heterocycles. The van der Waals surface area contributed by atoms with Gasteiger partial charge in [-0.15, -0.1) is 5.10 Å². The van der Waals surface area contributed by atoms with Crippen molar-refractivity contribution in [2.45, 2.75) is 0 Å². The van der Waals surface area contributed by atoms with Gasteiger partial charge >= 0.3 is 5.69 Å². The molecule has 0 fully saturated rings. The average molecular weight is 486 g/mol. The van der Waals surface area contributed by atoms with Crippen molar-refractivity contribution in [3.05, 3.63) is 82.0 Å². The lowest BCUT2D eigenvalue weighted by molar-refractivity contribution is 0.415. The maximum absolute atomic E-state index is 12.3. The number of ether oxygens (including phenoxy) is 1. The lowest BCUT2D eigenvalue weighted by atomic mass is 10.1. The molecule has 3 heterocycles. The van der Waals surface area contributed by atoms with E-state index in [0.717, 1.165) is 10.1 Å². The smallest absolute Gasteiger partial charge is 0.330 e. The van der Waals surface area contributed by atoms with Gasteiger partial charge in [0.25, 0.3) is 5.56 Å². The molecule has 0 amide bonds. The highest BCUT2D eigenvalue weighted by molar-refractivity contribution is 5.71. The van der Waals surface area contributed by atoms with Gasteiger partial charge in [0.15, 0.2) is 12.2 Å². The summed E-state index contributed by atoms with van der Waals surface area (Å²) < 4.78 is 14.8. The highest BCUT2D eigenvalue weighted by Crippen LogP contribution is 2.33. The normalized spacial score (nSPS) is 11.0. The molecular formula is C24H22N8O4. The molecule has 0 aliphatic heterocycles.